The second-order valence-electron chi connectivity index (χ2n) is 11.8. The van der Waals surface area contributed by atoms with Crippen molar-refractivity contribution >= 4 is 32.7 Å². The topological polar surface area (TPSA) is 64.5 Å². The molecule has 0 aliphatic rings. The molecule has 0 radical (unpaired) electrons. The zero-order chi connectivity index (χ0) is 31.9. The van der Waals surface area contributed by atoms with Gasteiger partial charge in [0, 0.05) is 63.8 Å². The summed E-state index contributed by atoms with van der Waals surface area (Å²) < 4.78 is 0. The third-order valence-corrected chi connectivity index (χ3v) is 8.93. The van der Waals surface area contributed by atoms with Crippen molar-refractivity contribution in [3.8, 4) is 55.9 Å². The predicted molar refractivity (Wildman–Crippen MR) is 195 cm³/mol. The van der Waals surface area contributed by atoms with Gasteiger partial charge in [-0.1, -0.05) is 84.9 Å². The number of hydrogen-bond acceptors (Lipinski definition) is 5. The monoisotopic (exact) mass is 613 g/mol. The average Bonchev–Trinajstić information content (AvgIpc) is 3.17. The van der Waals surface area contributed by atoms with Gasteiger partial charge in [0.1, 0.15) is 0 Å². The van der Waals surface area contributed by atoms with Crippen LogP contribution < -0.4 is 0 Å². The molecule has 0 amide bonds. The summed E-state index contributed by atoms with van der Waals surface area (Å²) in [5, 5.41) is 3.21. The van der Waals surface area contributed by atoms with Crippen molar-refractivity contribution in [2.24, 2.45) is 0 Å². The van der Waals surface area contributed by atoms with Gasteiger partial charge in [-0.15, -0.1) is 0 Å². The van der Waals surface area contributed by atoms with Crippen LogP contribution >= 0.6 is 0 Å². The number of aromatic nitrogens is 5. The van der Waals surface area contributed by atoms with E-state index in [1.165, 1.54) is 0 Å². The Hall–Kier alpha value is -6.59. The van der Waals surface area contributed by atoms with E-state index in [0.29, 0.717) is 0 Å². The van der Waals surface area contributed by atoms with E-state index < -0.39 is 0 Å². The lowest BCUT2D eigenvalue weighted by atomic mass is 9.93. The molecule has 9 rings (SSSR count). The lowest BCUT2D eigenvalue weighted by Crippen LogP contribution is -1.95. The van der Waals surface area contributed by atoms with E-state index in [-0.39, 0.29) is 0 Å². The second-order valence-corrected chi connectivity index (χ2v) is 11.8. The van der Waals surface area contributed by atoms with E-state index in [1.807, 2.05) is 67.4 Å². The van der Waals surface area contributed by atoms with E-state index in [1.54, 1.807) is 0 Å². The van der Waals surface area contributed by atoms with Crippen LogP contribution in [0.25, 0.3) is 88.6 Å². The largest absolute Gasteiger partial charge is 0.265 e. The highest BCUT2D eigenvalue weighted by Crippen LogP contribution is 2.40. The van der Waals surface area contributed by atoms with Crippen LogP contribution in [0.1, 0.15) is 0 Å². The van der Waals surface area contributed by atoms with Crippen molar-refractivity contribution in [1.82, 2.24) is 24.9 Å². The van der Waals surface area contributed by atoms with E-state index in [4.69, 9.17) is 15.0 Å². The van der Waals surface area contributed by atoms with Gasteiger partial charge in [0.05, 0.1) is 27.9 Å². The molecule has 0 aliphatic carbocycles. The molecule has 9 aromatic rings. The number of benzene rings is 4. The van der Waals surface area contributed by atoms with Crippen LogP contribution in [0.3, 0.4) is 0 Å². The van der Waals surface area contributed by atoms with Crippen molar-refractivity contribution in [3.05, 3.63) is 164 Å². The van der Waals surface area contributed by atoms with Crippen LogP contribution in [0.15, 0.2) is 164 Å². The summed E-state index contributed by atoms with van der Waals surface area (Å²) in [5.41, 5.74) is 13.3. The molecule has 4 aromatic carbocycles. The summed E-state index contributed by atoms with van der Waals surface area (Å²) in [4.78, 5) is 23.5. The second kappa shape index (κ2) is 11.6. The van der Waals surface area contributed by atoms with Gasteiger partial charge >= 0.3 is 0 Å². The highest BCUT2D eigenvalue weighted by atomic mass is 14.7. The Bertz CT molecular complexity index is 2480. The standard InChI is InChI=1S/C43H27N5/c1-2-6-38-36(5-1)41(37-16-15-34-4-3-21-46-42(34)43(37)48-38)35-26-39(32-11-7-28(8-12-32)30-17-22-44-23-18-30)47-40(27-35)33-13-9-29(10-14-33)31-19-24-45-25-20-31/h1-27H. The van der Waals surface area contributed by atoms with Crippen molar-refractivity contribution in [3.63, 3.8) is 0 Å². The fraction of sp³-hybridized carbons (Fsp3) is 0. The molecular formula is C43H27N5. The fourth-order valence-electron chi connectivity index (χ4n) is 6.53. The quantitative estimate of drug-likeness (QED) is 0.143. The maximum absolute atomic E-state index is 5.27. The van der Waals surface area contributed by atoms with Crippen molar-refractivity contribution in [2.45, 2.75) is 0 Å². The Morgan fingerprint density at radius 3 is 1.54 bits per heavy atom. The highest BCUT2D eigenvalue weighted by Gasteiger charge is 2.17. The Balaban J connectivity index is 1.27. The van der Waals surface area contributed by atoms with Crippen LogP contribution in [-0.2, 0) is 0 Å². The molecule has 0 atom stereocenters. The third kappa shape index (κ3) is 4.95. The summed E-state index contributed by atoms with van der Waals surface area (Å²) >= 11 is 0. The zero-order valence-corrected chi connectivity index (χ0v) is 25.8. The molecule has 5 aromatic heterocycles. The Labute approximate surface area is 277 Å². The van der Waals surface area contributed by atoms with Gasteiger partial charge in [0.15, 0.2) is 0 Å². The molecule has 0 saturated heterocycles. The average molecular weight is 614 g/mol. The third-order valence-electron chi connectivity index (χ3n) is 8.93. The minimum Gasteiger partial charge on any atom is -0.265 e. The predicted octanol–water partition coefficient (Wildman–Crippen LogP) is 10.5. The molecule has 48 heavy (non-hydrogen) atoms. The number of para-hydroxylation sites is 1. The number of rotatable bonds is 5. The molecule has 0 bridgehead atoms. The molecule has 5 heteroatoms. The summed E-state index contributed by atoms with van der Waals surface area (Å²) in [5.74, 6) is 0. The lowest BCUT2D eigenvalue weighted by molar-refractivity contribution is 1.32. The normalized spacial score (nSPS) is 11.3. The van der Waals surface area contributed by atoms with Gasteiger partial charge < -0.3 is 0 Å². The molecule has 0 aliphatic heterocycles. The summed E-state index contributed by atoms with van der Waals surface area (Å²) in [6.45, 7) is 0. The zero-order valence-electron chi connectivity index (χ0n) is 25.8. The number of nitrogens with zero attached hydrogens (tertiary/aromatic N) is 5. The van der Waals surface area contributed by atoms with Crippen molar-refractivity contribution < 1.29 is 0 Å². The van der Waals surface area contributed by atoms with Gasteiger partial charge in [-0.05, 0) is 76.3 Å². The SMILES string of the molecule is c1cnc2c(c1)ccc1c(-c3cc(-c4ccc(-c5ccncc5)cc4)nc(-c4ccc(-c5ccncc5)cc4)c3)c3ccccc3nc12. The first-order valence-electron chi connectivity index (χ1n) is 15.9. The maximum Gasteiger partial charge on any atom is 0.0978 e. The van der Waals surface area contributed by atoms with E-state index in [9.17, 15) is 0 Å². The first-order chi connectivity index (χ1) is 23.8. The molecule has 0 unspecified atom stereocenters. The lowest BCUT2D eigenvalue weighted by Gasteiger charge is -2.15. The van der Waals surface area contributed by atoms with Crippen LogP contribution in [0, 0.1) is 0 Å². The van der Waals surface area contributed by atoms with Gasteiger partial charge in [0.2, 0.25) is 0 Å². The Morgan fingerprint density at radius 2 is 0.917 bits per heavy atom. The smallest absolute Gasteiger partial charge is 0.0978 e. The number of fused-ring (bicyclic) bond motifs is 4. The summed E-state index contributed by atoms with van der Waals surface area (Å²) in [6, 6.07) is 46.5. The molecule has 0 saturated carbocycles. The Kier molecular flexibility index (Phi) is 6.72. The maximum atomic E-state index is 5.27. The number of hydrogen-bond donors (Lipinski definition) is 0. The van der Waals surface area contributed by atoms with Gasteiger partial charge in [-0.25, -0.2) is 9.97 Å². The minimum atomic E-state index is 0.894. The first-order valence-corrected chi connectivity index (χ1v) is 15.9. The molecule has 5 heterocycles. The first kappa shape index (κ1) is 27.7. The van der Waals surface area contributed by atoms with Crippen LogP contribution in [0.2, 0.25) is 0 Å². The molecule has 0 spiro atoms. The molecule has 224 valence electrons. The summed E-state index contributed by atoms with van der Waals surface area (Å²) in [7, 11) is 0. The highest BCUT2D eigenvalue weighted by molar-refractivity contribution is 6.16. The van der Waals surface area contributed by atoms with Crippen molar-refractivity contribution in [2.75, 3.05) is 0 Å². The molecular weight excluding hydrogens is 587 g/mol. The van der Waals surface area contributed by atoms with E-state index >= 15 is 0 Å². The van der Waals surface area contributed by atoms with Gasteiger partial charge in [-0.3, -0.25) is 15.0 Å². The van der Waals surface area contributed by atoms with E-state index in [0.717, 1.165) is 88.6 Å². The van der Waals surface area contributed by atoms with Crippen molar-refractivity contribution in [1.29, 1.82) is 0 Å². The number of pyridine rings is 5. The molecule has 5 nitrogen and oxygen atoms in total. The fourth-order valence-corrected chi connectivity index (χ4v) is 6.53. The summed E-state index contributed by atoms with van der Waals surface area (Å²) in [6.07, 6.45) is 9.13. The Morgan fingerprint density at radius 1 is 0.354 bits per heavy atom. The van der Waals surface area contributed by atoms with Crippen LogP contribution in [0.5, 0.6) is 0 Å². The molecule has 0 N–H and O–H groups in total. The van der Waals surface area contributed by atoms with Crippen LogP contribution in [-0.4, -0.2) is 24.9 Å². The minimum absolute atomic E-state index is 0.894. The van der Waals surface area contributed by atoms with Crippen LogP contribution in [0.4, 0.5) is 0 Å². The van der Waals surface area contributed by atoms with Gasteiger partial charge in [0.25, 0.3) is 0 Å². The molecule has 0 fully saturated rings. The van der Waals surface area contributed by atoms with E-state index in [2.05, 4.69) is 107 Å². The van der Waals surface area contributed by atoms with Gasteiger partial charge in [-0.2, -0.15) is 0 Å².